The standard InChI is InChI=1S/C21H28N4OS/c1-16(2)20(26)25-18-11-9-17(10-12-18)15-24-21(22-3)23-13-14-27-19-7-5-4-6-8-19/h4-12,16H,13-15H2,1-3H3,(H,25,26)(H2,22,23,24). The zero-order chi connectivity index (χ0) is 19.5. The van der Waals surface area contributed by atoms with Crippen LogP contribution in [0, 0.1) is 5.92 Å². The Bertz CT molecular complexity index is 730. The molecule has 1 amide bonds. The molecule has 0 fully saturated rings. The second-order valence-electron chi connectivity index (χ2n) is 6.35. The first-order valence-corrected chi connectivity index (χ1v) is 10.1. The molecule has 27 heavy (non-hydrogen) atoms. The maximum atomic E-state index is 11.7. The quantitative estimate of drug-likeness (QED) is 0.281. The number of nitrogens with one attached hydrogen (secondary N) is 3. The molecule has 2 aromatic carbocycles. The van der Waals surface area contributed by atoms with Crippen LogP contribution in [0.1, 0.15) is 19.4 Å². The van der Waals surface area contributed by atoms with Gasteiger partial charge in [-0.25, -0.2) is 0 Å². The Balaban J connectivity index is 1.71. The molecule has 2 aromatic rings. The van der Waals surface area contributed by atoms with Gasteiger partial charge in [-0.2, -0.15) is 0 Å². The Hall–Kier alpha value is -2.47. The van der Waals surface area contributed by atoms with E-state index in [9.17, 15) is 4.79 Å². The minimum atomic E-state index is -0.0270. The molecule has 2 rings (SSSR count). The van der Waals surface area contributed by atoms with Gasteiger partial charge < -0.3 is 16.0 Å². The molecule has 0 saturated carbocycles. The molecule has 0 aliphatic rings. The first-order valence-electron chi connectivity index (χ1n) is 9.10. The summed E-state index contributed by atoms with van der Waals surface area (Å²) in [6, 6.07) is 18.2. The van der Waals surface area contributed by atoms with Crippen LogP contribution in [0.15, 0.2) is 64.5 Å². The highest BCUT2D eigenvalue weighted by atomic mass is 32.2. The zero-order valence-electron chi connectivity index (χ0n) is 16.2. The van der Waals surface area contributed by atoms with E-state index in [1.807, 2.05) is 55.9 Å². The van der Waals surface area contributed by atoms with Crippen LogP contribution in [0.2, 0.25) is 0 Å². The third-order valence-corrected chi connectivity index (χ3v) is 4.85. The number of thioether (sulfide) groups is 1. The minimum absolute atomic E-state index is 0.0267. The Labute approximate surface area is 166 Å². The van der Waals surface area contributed by atoms with E-state index in [2.05, 4.69) is 45.2 Å². The van der Waals surface area contributed by atoms with Crippen molar-refractivity contribution in [1.82, 2.24) is 10.6 Å². The fourth-order valence-electron chi connectivity index (χ4n) is 2.25. The van der Waals surface area contributed by atoms with Crippen molar-refractivity contribution in [3.63, 3.8) is 0 Å². The van der Waals surface area contributed by atoms with E-state index in [4.69, 9.17) is 0 Å². The Morgan fingerprint density at radius 3 is 2.37 bits per heavy atom. The summed E-state index contributed by atoms with van der Waals surface area (Å²) in [4.78, 5) is 17.2. The summed E-state index contributed by atoms with van der Waals surface area (Å²) >= 11 is 1.82. The maximum Gasteiger partial charge on any atom is 0.226 e. The average molecular weight is 385 g/mol. The minimum Gasteiger partial charge on any atom is -0.356 e. The number of carbonyl (C=O) groups excluding carboxylic acids is 1. The third-order valence-electron chi connectivity index (χ3n) is 3.84. The molecule has 0 saturated heterocycles. The van der Waals surface area contributed by atoms with E-state index >= 15 is 0 Å². The maximum absolute atomic E-state index is 11.7. The molecule has 0 radical (unpaired) electrons. The fraction of sp³-hybridized carbons (Fsp3) is 0.333. The lowest BCUT2D eigenvalue weighted by Gasteiger charge is -2.12. The van der Waals surface area contributed by atoms with Crippen molar-refractivity contribution in [2.24, 2.45) is 10.9 Å². The van der Waals surface area contributed by atoms with Crippen LogP contribution in [-0.4, -0.2) is 31.2 Å². The first kappa shape index (κ1) is 20.8. The predicted octanol–water partition coefficient (Wildman–Crippen LogP) is 3.74. The van der Waals surface area contributed by atoms with Gasteiger partial charge in [-0.15, -0.1) is 11.8 Å². The van der Waals surface area contributed by atoms with Crippen molar-refractivity contribution in [3.05, 3.63) is 60.2 Å². The van der Waals surface area contributed by atoms with Gasteiger partial charge in [0.15, 0.2) is 5.96 Å². The summed E-state index contributed by atoms with van der Waals surface area (Å²) in [7, 11) is 1.77. The van der Waals surface area contributed by atoms with Gasteiger partial charge in [0.05, 0.1) is 0 Å². The molecule has 5 nitrogen and oxygen atoms in total. The number of hydrogen-bond acceptors (Lipinski definition) is 3. The van der Waals surface area contributed by atoms with Gasteiger partial charge in [-0.3, -0.25) is 9.79 Å². The van der Waals surface area contributed by atoms with Gasteiger partial charge in [0.2, 0.25) is 5.91 Å². The number of nitrogens with zero attached hydrogens (tertiary/aromatic N) is 1. The van der Waals surface area contributed by atoms with Gasteiger partial charge in [0.1, 0.15) is 0 Å². The topological polar surface area (TPSA) is 65.5 Å². The second kappa shape index (κ2) is 11.3. The normalized spacial score (nSPS) is 11.3. The van der Waals surface area contributed by atoms with Crippen LogP contribution >= 0.6 is 11.8 Å². The predicted molar refractivity (Wildman–Crippen MR) is 115 cm³/mol. The molecular formula is C21H28N4OS. The van der Waals surface area contributed by atoms with Crippen LogP contribution in [0.5, 0.6) is 0 Å². The molecular weight excluding hydrogens is 356 g/mol. The van der Waals surface area contributed by atoms with Crippen molar-refractivity contribution < 1.29 is 4.79 Å². The van der Waals surface area contributed by atoms with E-state index in [0.717, 1.165) is 29.5 Å². The van der Waals surface area contributed by atoms with Crippen LogP contribution in [0.25, 0.3) is 0 Å². The van der Waals surface area contributed by atoms with Crippen molar-refractivity contribution in [3.8, 4) is 0 Å². The highest BCUT2D eigenvalue weighted by Gasteiger charge is 2.06. The fourth-order valence-corrected chi connectivity index (χ4v) is 3.04. The number of carbonyl (C=O) groups is 1. The molecule has 6 heteroatoms. The second-order valence-corrected chi connectivity index (χ2v) is 7.52. The van der Waals surface area contributed by atoms with E-state index in [0.29, 0.717) is 6.54 Å². The third kappa shape index (κ3) is 7.74. The summed E-state index contributed by atoms with van der Waals surface area (Å²) in [6.45, 7) is 5.26. The molecule has 0 aliphatic carbocycles. The lowest BCUT2D eigenvalue weighted by molar-refractivity contribution is -0.118. The molecule has 0 bridgehead atoms. The first-order chi connectivity index (χ1) is 13.1. The smallest absolute Gasteiger partial charge is 0.226 e. The highest BCUT2D eigenvalue weighted by Crippen LogP contribution is 2.15. The lowest BCUT2D eigenvalue weighted by Crippen LogP contribution is -2.37. The summed E-state index contributed by atoms with van der Waals surface area (Å²) in [6.07, 6.45) is 0. The number of anilines is 1. The van der Waals surface area contributed by atoms with Gasteiger partial charge in [0, 0.05) is 42.4 Å². The monoisotopic (exact) mass is 384 g/mol. The summed E-state index contributed by atoms with van der Waals surface area (Å²) in [5.41, 5.74) is 1.94. The van der Waals surface area contributed by atoms with E-state index in [1.54, 1.807) is 7.05 Å². The Kier molecular flexibility index (Phi) is 8.71. The number of rotatable bonds is 8. The molecule has 0 unspecified atom stereocenters. The largest absolute Gasteiger partial charge is 0.356 e. The summed E-state index contributed by atoms with van der Waals surface area (Å²) in [5, 5.41) is 9.52. The molecule has 0 spiro atoms. The van der Waals surface area contributed by atoms with Crippen LogP contribution in [0.4, 0.5) is 5.69 Å². The van der Waals surface area contributed by atoms with Crippen molar-refractivity contribution in [1.29, 1.82) is 0 Å². The number of aliphatic imine (C=N–C) groups is 1. The van der Waals surface area contributed by atoms with Gasteiger partial charge >= 0.3 is 0 Å². The van der Waals surface area contributed by atoms with Crippen LogP contribution in [0.3, 0.4) is 0 Å². The number of amides is 1. The van der Waals surface area contributed by atoms with E-state index in [1.165, 1.54) is 4.90 Å². The van der Waals surface area contributed by atoms with Crippen molar-refractivity contribution in [2.75, 3.05) is 24.7 Å². The molecule has 144 valence electrons. The summed E-state index contributed by atoms with van der Waals surface area (Å²) in [5.74, 6) is 1.75. The number of guanidine groups is 1. The molecule has 0 aliphatic heterocycles. The van der Waals surface area contributed by atoms with E-state index < -0.39 is 0 Å². The van der Waals surface area contributed by atoms with Crippen molar-refractivity contribution >= 4 is 29.3 Å². The molecule has 0 atom stereocenters. The average Bonchev–Trinajstić information content (AvgIpc) is 2.69. The SMILES string of the molecule is CN=C(NCCSc1ccccc1)NCc1ccc(NC(=O)C(C)C)cc1. The van der Waals surface area contributed by atoms with Gasteiger partial charge in [-0.05, 0) is 29.8 Å². The van der Waals surface area contributed by atoms with Crippen LogP contribution in [-0.2, 0) is 11.3 Å². The zero-order valence-corrected chi connectivity index (χ0v) is 17.0. The van der Waals surface area contributed by atoms with Crippen molar-refractivity contribution in [2.45, 2.75) is 25.3 Å². The summed E-state index contributed by atoms with van der Waals surface area (Å²) < 4.78 is 0. The van der Waals surface area contributed by atoms with Gasteiger partial charge in [-0.1, -0.05) is 44.2 Å². The lowest BCUT2D eigenvalue weighted by atomic mass is 10.1. The Morgan fingerprint density at radius 2 is 1.74 bits per heavy atom. The molecule has 0 aromatic heterocycles. The van der Waals surface area contributed by atoms with Gasteiger partial charge in [0.25, 0.3) is 0 Å². The molecule has 3 N–H and O–H groups in total. The highest BCUT2D eigenvalue weighted by molar-refractivity contribution is 7.99. The number of benzene rings is 2. The number of hydrogen-bond donors (Lipinski definition) is 3. The molecule has 0 heterocycles. The Morgan fingerprint density at radius 1 is 1.04 bits per heavy atom. The van der Waals surface area contributed by atoms with E-state index in [-0.39, 0.29) is 11.8 Å². The van der Waals surface area contributed by atoms with Crippen LogP contribution < -0.4 is 16.0 Å².